The Morgan fingerprint density at radius 2 is 1.57 bits per heavy atom. The Morgan fingerprint density at radius 1 is 0.867 bits per heavy atom. The Kier molecular flexibility index (Phi) is 6.25. The summed E-state index contributed by atoms with van der Waals surface area (Å²) < 4.78 is 0. The number of guanidine groups is 1. The SMILES string of the molecule is N=C(NCc1cccc2ccccc12)NC(=O)N1CCN(Cc2ccccc2)CC1. The van der Waals surface area contributed by atoms with E-state index in [1.54, 1.807) is 4.90 Å². The lowest BCUT2D eigenvalue weighted by atomic mass is 10.0. The third-order valence-electron chi connectivity index (χ3n) is 5.48. The summed E-state index contributed by atoms with van der Waals surface area (Å²) in [6.07, 6.45) is 0. The van der Waals surface area contributed by atoms with E-state index in [0.717, 1.165) is 30.6 Å². The van der Waals surface area contributed by atoms with Gasteiger partial charge in [0.05, 0.1) is 0 Å². The van der Waals surface area contributed by atoms with Gasteiger partial charge in [0.25, 0.3) is 0 Å². The van der Waals surface area contributed by atoms with Gasteiger partial charge in [-0.15, -0.1) is 0 Å². The van der Waals surface area contributed by atoms with Crippen LogP contribution >= 0.6 is 0 Å². The fourth-order valence-electron chi connectivity index (χ4n) is 3.81. The van der Waals surface area contributed by atoms with Gasteiger partial charge in [-0.2, -0.15) is 0 Å². The maximum absolute atomic E-state index is 12.5. The van der Waals surface area contributed by atoms with Gasteiger partial charge in [0.2, 0.25) is 0 Å². The lowest BCUT2D eigenvalue weighted by Gasteiger charge is -2.34. The summed E-state index contributed by atoms with van der Waals surface area (Å²) in [7, 11) is 0. The number of hydrogen-bond acceptors (Lipinski definition) is 3. The third-order valence-corrected chi connectivity index (χ3v) is 5.48. The first-order valence-corrected chi connectivity index (χ1v) is 10.3. The van der Waals surface area contributed by atoms with E-state index in [1.807, 2.05) is 30.3 Å². The molecule has 3 N–H and O–H groups in total. The van der Waals surface area contributed by atoms with E-state index in [9.17, 15) is 4.79 Å². The summed E-state index contributed by atoms with van der Waals surface area (Å²) in [4.78, 5) is 16.6. The molecular formula is C24H27N5O. The summed E-state index contributed by atoms with van der Waals surface area (Å²) >= 11 is 0. The molecule has 0 radical (unpaired) electrons. The molecule has 1 aliphatic rings. The molecule has 1 heterocycles. The van der Waals surface area contributed by atoms with E-state index in [-0.39, 0.29) is 12.0 Å². The largest absolute Gasteiger partial charge is 0.352 e. The zero-order valence-corrected chi connectivity index (χ0v) is 17.0. The van der Waals surface area contributed by atoms with Crippen LogP contribution in [0.1, 0.15) is 11.1 Å². The molecule has 1 fully saturated rings. The molecule has 3 aromatic carbocycles. The standard InChI is InChI=1S/C24H27N5O/c25-23(26-17-21-11-6-10-20-9-4-5-12-22(20)21)27-24(30)29-15-13-28(14-16-29)18-19-7-2-1-3-8-19/h1-12H,13-18H2,(H3,25,26,27,30). The number of nitrogens with one attached hydrogen (secondary N) is 3. The normalized spacial score (nSPS) is 14.5. The van der Waals surface area contributed by atoms with Gasteiger partial charge in [-0.1, -0.05) is 72.8 Å². The Hall–Kier alpha value is -3.38. The second kappa shape index (κ2) is 9.41. The molecule has 0 unspecified atom stereocenters. The van der Waals surface area contributed by atoms with Crippen LogP contribution in [0, 0.1) is 5.41 Å². The van der Waals surface area contributed by atoms with Crippen molar-refractivity contribution in [3.05, 3.63) is 83.9 Å². The molecule has 0 spiro atoms. The maximum Gasteiger partial charge on any atom is 0.324 e. The molecule has 0 bridgehead atoms. The number of carbonyl (C=O) groups is 1. The Balaban J connectivity index is 1.23. The van der Waals surface area contributed by atoms with E-state index in [0.29, 0.717) is 19.6 Å². The minimum Gasteiger partial charge on any atom is -0.352 e. The summed E-state index contributed by atoms with van der Waals surface area (Å²) in [5, 5.41) is 16.1. The molecule has 1 aliphatic heterocycles. The number of carbonyl (C=O) groups excluding carboxylic acids is 1. The number of benzene rings is 3. The maximum atomic E-state index is 12.5. The average molecular weight is 402 g/mol. The predicted octanol–water partition coefficient (Wildman–Crippen LogP) is 3.39. The summed E-state index contributed by atoms with van der Waals surface area (Å²) in [6.45, 7) is 4.38. The van der Waals surface area contributed by atoms with E-state index in [1.165, 1.54) is 10.9 Å². The first-order chi connectivity index (χ1) is 14.7. The van der Waals surface area contributed by atoms with Crippen molar-refractivity contribution in [1.82, 2.24) is 20.4 Å². The van der Waals surface area contributed by atoms with Gasteiger partial charge in [-0.05, 0) is 21.9 Å². The fraction of sp³-hybridized carbons (Fsp3) is 0.250. The van der Waals surface area contributed by atoms with Crippen molar-refractivity contribution in [2.24, 2.45) is 0 Å². The van der Waals surface area contributed by atoms with Gasteiger partial charge in [-0.3, -0.25) is 15.6 Å². The minimum atomic E-state index is -0.218. The highest BCUT2D eigenvalue weighted by atomic mass is 16.2. The second-order valence-corrected chi connectivity index (χ2v) is 7.55. The quantitative estimate of drug-likeness (QED) is 0.464. The molecule has 30 heavy (non-hydrogen) atoms. The molecule has 6 nitrogen and oxygen atoms in total. The van der Waals surface area contributed by atoms with Crippen LogP contribution < -0.4 is 10.6 Å². The number of urea groups is 1. The highest BCUT2D eigenvalue weighted by Crippen LogP contribution is 2.18. The summed E-state index contributed by atoms with van der Waals surface area (Å²) in [6, 6.07) is 24.5. The molecule has 4 rings (SSSR count). The van der Waals surface area contributed by atoms with Crippen LogP contribution in [0.2, 0.25) is 0 Å². The van der Waals surface area contributed by atoms with Crippen LogP contribution in [-0.2, 0) is 13.1 Å². The minimum absolute atomic E-state index is 0.0275. The van der Waals surface area contributed by atoms with Crippen molar-refractivity contribution in [3.63, 3.8) is 0 Å². The van der Waals surface area contributed by atoms with Crippen molar-refractivity contribution in [1.29, 1.82) is 5.41 Å². The molecule has 1 saturated heterocycles. The van der Waals surface area contributed by atoms with Crippen LogP contribution in [0.3, 0.4) is 0 Å². The number of nitrogens with zero attached hydrogens (tertiary/aromatic N) is 2. The Bertz CT molecular complexity index is 1010. The molecular weight excluding hydrogens is 374 g/mol. The second-order valence-electron chi connectivity index (χ2n) is 7.55. The molecule has 3 aromatic rings. The molecule has 0 aromatic heterocycles. The van der Waals surface area contributed by atoms with Crippen molar-refractivity contribution < 1.29 is 4.79 Å². The molecule has 0 saturated carbocycles. The third kappa shape index (κ3) is 4.96. The number of amides is 2. The van der Waals surface area contributed by atoms with Crippen LogP contribution in [0.5, 0.6) is 0 Å². The monoisotopic (exact) mass is 401 g/mol. The van der Waals surface area contributed by atoms with Gasteiger partial charge >= 0.3 is 6.03 Å². The van der Waals surface area contributed by atoms with Crippen molar-refractivity contribution in [2.45, 2.75) is 13.1 Å². The molecule has 6 heteroatoms. The van der Waals surface area contributed by atoms with Crippen molar-refractivity contribution >= 4 is 22.8 Å². The van der Waals surface area contributed by atoms with Crippen molar-refractivity contribution in [2.75, 3.05) is 26.2 Å². The van der Waals surface area contributed by atoms with Crippen LogP contribution in [-0.4, -0.2) is 48.0 Å². The van der Waals surface area contributed by atoms with E-state index in [2.05, 4.69) is 58.0 Å². The molecule has 2 amide bonds. The number of hydrogen-bond donors (Lipinski definition) is 3. The summed E-state index contributed by atoms with van der Waals surface area (Å²) in [5.74, 6) is 0.0275. The van der Waals surface area contributed by atoms with Crippen LogP contribution in [0.15, 0.2) is 72.8 Å². The van der Waals surface area contributed by atoms with E-state index in [4.69, 9.17) is 5.41 Å². The lowest BCUT2D eigenvalue weighted by molar-refractivity contribution is 0.138. The molecule has 0 atom stereocenters. The fourth-order valence-corrected chi connectivity index (χ4v) is 3.81. The highest BCUT2D eigenvalue weighted by molar-refractivity contribution is 5.95. The number of rotatable bonds is 4. The van der Waals surface area contributed by atoms with Gasteiger partial charge < -0.3 is 10.2 Å². The zero-order valence-electron chi connectivity index (χ0n) is 17.0. The number of piperazine rings is 1. The Morgan fingerprint density at radius 3 is 2.37 bits per heavy atom. The average Bonchev–Trinajstić information content (AvgIpc) is 2.79. The van der Waals surface area contributed by atoms with E-state index < -0.39 is 0 Å². The van der Waals surface area contributed by atoms with Gasteiger partial charge in [0.1, 0.15) is 0 Å². The zero-order chi connectivity index (χ0) is 20.8. The van der Waals surface area contributed by atoms with Gasteiger partial charge in [0.15, 0.2) is 5.96 Å². The van der Waals surface area contributed by atoms with Gasteiger partial charge in [-0.25, -0.2) is 4.79 Å². The van der Waals surface area contributed by atoms with Crippen LogP contribution in [0.25, 0.3) is 10.8 Å². The topological polar surface area (TPSA) is 71.5 Å². The van der Waals surface area contributed by atoms with Crippen LogP contribution in [0.4, 0.5) is 4.79 Å². The molecule has 0 aliphatic carbocycles. The Labute approximate surface area is 177 Å². The lowest BCUT2D eigenvalue weighted by Crippen LogP contribution is -2.54. The van der Waals surface area contributed by atoms with Crippen molar-refractivity contribution in [3.8, 4) is 0 Å². The smallest absolute Gasteiger partial charge is 0.324 e. The van der Waals surface area contributed by atoms with Gasteiger partial charge in [0, 0.05) is 39.3 Å². The predicted molar refractivity (Wildman–Crippen MR) is 120 cm³/mol. The highest BCUT2D eigenvalue weighted by Gasteiger charge is 2.21. The first kappa shape index (κ1) is 19.9. The number of fused-ring (bicyclic) bond motifs is 1. The molecule has 154 valence electrons. The summed E-state index contributed by atoms with van der Waals surface area (Å²) in [5.41, 5.74) is 2.39. The first-order valence-electron chi connectivity index (χ1n) is 10.3. The van der Waals surface area contributed by atoms with E-state index >= 15 is 0 Å².